The average Bonchev–Trinajstić information content (AvgIpc) is 2.91. The molecule has 5 rings (SSSR count). The van der Waals surface area contributed by atoms with Gasteiger partial charge in [-0.2, -0.15) is 0 Å². The van der Waals surface area contributed by atoms with Crippen LogP contribution in [0.3, 0.4) is 0 Å². The van der Waals surface area contributed by atoms with E-state index in [4.69, 9.17) is 18.9 Å². The summed E-state index contributed by atoms with van der Waals surface area (Å²) in [5.41, 5.74) is 2.57. The highest BCUT2D eigenvalue weighted by molar-refractivity contribution is 5.85. The second-order valence-corrected chi connectivity index (χ2v) is 8.96. The Bertz CT molecular complexity index is 1240. The predicted octanol–water partition coefficient (Wildman–Crippen LogP) is 3.21. The molecule has 0 spiro atoms. The van der Waals surface area contributed by atoms with Crippen LogP contribution in [0.15, 0.2) is 41.3 Å². The third-order valence-corrected chi connectivity index (χ3v) is 7.02. The zero-order valence-corrected chi connectivity index (χ0v) is 21.8. The van der Waals surface area contributed by atoms with Crippen molar-refractivity contribution >= 4 is 29.1 Å². The molecule has 0 unspecified atom stereocenters. The van der Waals surface area contributed by atoms with Crippen molar-refractivity contribution in [1.29, 1.82) is 0 Å². The van der Waals surface area contributed by atoms with Gasteiger partial charge in [0.1, 0.15) is 19.0 Å². The van der Waals surface area contributed by atoms with Crippen molar-refractivity contribution in [3.63, 3.8) is 0 Å². The standard InChI is InChI=1S/C26H32N4O5.ClH/c1-28(19-14-23(33-3)26-24(15-19)34-12-13-35-26)18-6-8-29(9-7-18)10-11-30-22-16-20(32-2)4-5-21(22)27-17-25(30)31;/h4-5,14-18H,6-13H2,1-3H3;1H. The van der Waals surface area contributed by atoms with Gasteiger partial charge < -0.3 is 33.3 Å². The minimum Gasteiger partial charge on any atom is -0.497 e. The van der Waals surface area contributed by atoms with Gasteiger partial charge in [-0.25, -0.2) is 4.98 Å². The molecular weight excluding hydrogens is 484 g/mol. The van der Waals surface area contributed by atoms with Crippen LogP contribution in [-0.4, -0.2) is 74.6 Å². The SMILES string of the molecule is COc1ccc2ncc(=O)n(CCN3CCC(N(C)c4cc(OC)c5c(c4)OCCO5)CC3)c2c1.Cl. The van der Waals surface area contributed by atoms with E-state index in [1.165, 1.54) is 6.20 Å². The summed E-state index contributed by atoms with van der Waals surface area (Å²) >= 11 is 0. The molecule has 0 aliphatic carbocycles. The topological polar surface area (TPSA) is 78.3 Å². The van der Waals surface area contributed by atoms with Crippen molar-refractivity contribution < 1.29 is 18.9 Å². The Morgan fingerprint density at radius 3 is 2.58 bits per heavy atom. The van der Waals surface area contributed by atoms with Gasteiger partial charge in [0.15, 0.2) is 11.5 Å². The summed E-state index contributed by atoms with van der Waals surface area (Å²) < 4.78 is 24.2. The summed E-state index contributed by atoms with van der Waals surface area (Å²) in [6.45, 7) is 4.45. The number of piperidine rings is 1. The van der Waals surface area contributed by atoms with Gasteiger partial charge in [0.2, 0.25) is 5.75 Å². The normalized spacial score (nSPS) is 15.9. The van der Waals surface area contributed by atoms with Crippen LogP contribution in [-0.2, 0) is 6.54 Å². The van der Waals surface area contributed by atoms with Crippen LogP contribution in [0.5, 0.6) is 23.0 Å². The molecule has 1 fully saturated rings. The molecule has 1 saturated heterocycles. The monoisotopic (exact) mass is 516 g/mol. The van der Waals surface area contributed by atoms with Crippen LogP contribution in [0.4, 0.5) is 5.69 Å². The quantitative estimate of drug-likeness (QED) is 0.474. The molecule has 0 N–H and O–H groups in total. The summed E-state index contributed by atoms with van der Waals surface area (Å²) in [4.78, 5) is 21.6. The van der Waals surface area contributed by atoms with E-state index in [2.05, 4.69) is 21.8 Å². The summed E-state index contributed by atoms with van der Waals surface area (Å²) in [5, 5.41) is 0. The van der Waals surface area contributed by atoms with Crippen molar-refractivity contribution in [2.24, 2.45) is 0 Å². The molecule has 3 aromatic rings. The molecule has 194 valence electrons. The van der Waals surface area contributed by atoms with Crippen LogP contribution in [0.2, 0.25) is 0 Å². The lowest BCUT2D eigenvalue weighted by molar-refractivity contribution is 0.165. The molecule has 36 heavy (non-hydrogen) atoms. The van der Waals surface area contributed by atoms with Crippen molar-refractivity contribution in [1.82, 2.24) is 14.5 Å². The Hall–Kier alpha value is -3.17. The van der Waals surface area contributed by atoms with Crippen molar-refractivity contribution in [2.45, 2.75) is 25.4 Å². The fourth-order valence-electron chi connectivity index (χ4n) is 4.94. The van der Waals surface area contributed by atoms with E-state index in [0.717, 1.165) is 60.7 Å². The van der Waals surface area contributed by atoms with Crippen molar-refractivity contribution in [3.05, 3.63) is 46.9 Å². The Labute approximate surface area is 216 Å². The number of anilines is 1. The van der Waals surface area contributed by atoms with E-state index in [1.54, 1.807) is 18.8 Å². The number of aromatic nitrogens is 2. The van der Waals surface area contributed by atoms with Crippen molar-refractivity contribution in [3.8, 4) is 23.0 Å². The predicted molar refractivity (Wildman–Crippen MR) is 142 cm³/mol. The molecule has 10 heteroatoms. The summed E-state index contributed by atoms with van der Waals surface area (Å²) in [7, 11) is 5.41. The molecule has 0 amide bonds. The fourth-order valence-corrected chi connectivity index (χ4v) is 4.94. The van der Waals surface area contributed by atoms with Gasteiger partial charge >= 0.3 is 0 Å². The highest BCUT2D eigenvalue weighted by Crippen LogP contribution is 2.43. The number of hydrogen-bond donors (Lipinski definition) is 0. The van der Waals surface area contributed by atoms with E-state index in [-0.39, 0.29) is 18.0 Å². The molecule has 0 bridgehead atoms. The molecule has 0 saturated carbocycles. The van der Waals surface area contributed by atoms with E-state index >= 15 is 0 Å². The molecule has 9 nitrogen and oxygen atoms in total. The first-order valence-electron chi connectivity index (χ1n) is 12.0. The van der Waals surface area contributed by atoms with Crippen LogP contribution in [0, 0.1) is 0 Å². The summed E-state index contributed by atoms with van der Waals surface area (Å²) in [5.74, 6) is 2.84. The molecule has 1 aromatic heterocycles. The Kier molecular flexibility index (Phi) is 8.11. The van der Waals surface area contributed by atoms with Gasteiger partial charge in [-0.05, 0) is 25.0 Å². The molecule has 2 aliphatic heterocycles. The van der Waals surface area contributed by atoms with Crippen LogP contribution < -0.4 is 29.4 Å². The maximum absolute atomic E-state index is 12.6. The first-order chi connectivity index (χ1) is 17.1. The lowest BCUT2D eigenvalue weighted by Crippen LogP contribution is -2.44. The Morgan fingerprint density at radius 1 is 1.06 bits per heavy atom. The minimum absolute atomic E-state index is 0. The average molecular weight is 517 g/mol. The van der Waals surface area contributed by atoms with Gasteiger partial charge in [-0.15, -0.1) is 12.4 Å². The zero-order valence-electron chi connectivity index (χ0n) is 20.9. The largest absolute Gasteiger partial charge is 0.497 e. The van der Waals surface area contributed by atoms with E-state index in [9.17, 15) is 4.79 Å². The summed E-state index contributed by atoms with van der Waals surface area (Å²) in [6, 6.07) is 10.1. The zero-order chi connectivity index (χ0) is 24.4. The number of likely N-dealkylation sites (tertiary alicyclic amines) is 1. The number of fused-ring (bicyclic) bond motifs is 2. The maximum Gasteiger partial charge on any atom is 0.269 e. The summed E-state index contributed by atoms with van der Waals surface area (Å²) in [6.07, 6.45) is 3.47. The Morgan fingerprint density at radius 2 is 1.83 bits per heavy atom. The van der Waals surface area contributed by atoms with Crippen LogP contribution in [0.1, 0.15) is 12.8 Å². The number of halogens is 1. The molecular formula is C26H33ClN4O5. The smallest absolute Gasteiger partial charge is 0.269 e. The number of methoxy groups -OCH3 is 2. The highest BCUT2D eigenvalue weighted by atomic mass is 35.5. The third-order valence-electron chi connectivity index (χ3n) is 7.02. The lowest BCUT2D eigenvalue weighted by atomic mass is 10.0. The molecule has 3 heterocycles. The van der Waals surface area contributed by atoms with Crippen LogP contribution in [0.25, 0.3) is 11.0 Å². The van der Waals surface area contributed by atoms with Gasteiger partial charge in [0.05, 0.1) is 31.4 Å². The van der Waals surface area contributed by atoms with E-state index in [1.807, 2.05) is 30.3 Å². The molecule has 0 atom stereocenters. The number of hydrogen-bond acceptors (Lipinski definition) is 8. The molecule has 0 radical (unpaired) electrons. The maximum atomic E-state index is 12.6. The molecule has 2 aliphatic rings. The van der Waals surface area contributed by atoms with E-state index in [0.29, 0.717) is 37.3 Å². The van der Waals surface area contributed by atoms with Crippen LogP contribution >= 0.6 is 12.4 Å². The van der Waals surface area contributed by atoms with Gasteiger partial charge in [0, 0.05) is 63.2 Å². The molecule has 2 aromatic carbocycles. The lowest BCUT2D eigenvalue weighted by Gasteiger charge is -2.38. The third kappa shape index (κ3) is 5.17. The minimum atomic E-state index is -0.0899. The number of ether oxygens (including phenoxy) is 4. The van der Waals surface area contributed by atoms with Crippen molar-refractivity contribution in [2.75, 3.05) is 59.0 Å². The number of benzene rings is 2. The fraction of sp³-hybridized carbons (Fsp3) is 0.462. The van der Waals surface area contributed by atoms with E-state index < -0.39 is 0 Å². The highest BCUT2D eigenvalue weighted by Gasteiger charge is 2.26. The van der Waals surface area contributed by atoms with Gasteiger partial charge in [-0.3, -0.25) is 4.79 Å². The number of nitrogens with zero attached hydrogens (tertiary/aromatic N) is 4. The second kappa shape index (κ2) is 11.3. The second-order valence-electron chi connectivity index (χ2n) is 8.96. The Balaban J connectivity index is 0.00000304. The first kappa shape index (κ1) is 25.9. The first-order valence-corrected chi connectivity index (χ1v) is 12.0. The van der Waals surface area contributed by atoms with Gasteiger partial charge in [0.25, 0.3) is 5.56 Å². The van der Waals surface area contributed by atoms with Gasteiger partial charge in [-0.1, -0.05) is 0 Å². The number of rotatable bonds is 7.